The van der Waals surface area contributed by atoms with Gasteiger partial charge in [-0.15, -0.1) is 0 Å². The van der Waals surface area contributed by atoms with Crippen LogP contribution in [-0.4, -0.2) is 21.6 Å². The molecule has 0 saturated heterocycles. The van der Waals surface area contributed by atoms with E-state index in [1.165, 1.54) is 13.1 Å². The van der Waals surface area contributed by atoms with Crippen molar-refractivity contribution < 1.29 is 4.74 Å². The van der Waals surface area contributed by atoms with Crippen LogP contribution in [0.1, 0.15) is 5.56 Å². The number of aromatic amines is 1. The van der Waals surface area contributed by atoms with E-state index in [1.54, 1.807) is 25.6 Å². The normalized spacial score (nSPS) is 10.2. The van der Waals surface area contributed by atoms with Crippen LogP contribution < -0.4 is 21.3 Å². The fourth-order valence-electron chi connectivity index (χ4n) is 1.58. The molecule has 0 fully saturated rings. The van der Waals surface area contributed by atoms with E-state index in [1.807, 2.05) is 0 Å². The van der Waals surface area contributed by atoms with E-state index in [2.05, 4.69) is 15.3 Å². The van der Waals surface area contributed by atoms with Crippen LogP contribution in [0.15, 0.2) is 34.1 Å². The third-order valence-corrected chi connectivity index (χ3v) is 2.70. The van der Waals surface area contributed by atoms with Gasteiger partial charge < -0.3 is 10.1 Å². The van der Waals surface area contributed by atoms with Crippen LogP contribution in [0.2, 0.25) is 0 Å². The summed E-state index contributed by atoms with van der Waals surface area (Å²) < 4.78 is 6.16. The fraction of sp³-hybridized carbons (Fsp3) is 0.250. The molecular formula is C12H14N4O3. The lowest BCUT2D eigenvalue weighted by molar-refractivity contribution is 0.408. The third kappa shape index (κ3) is 2.82. The Morgan fingerprint density at radius 3 is 2.95 bits per heavy atom. The Balaban J connectivity index is 2.19. The number of anilines is 1. The van der Waals surface area contributed by atoms with Crippen LogP contribution in [0.3, 0.4) is 0 Å². The van der Waals surface area contributed by atoms with E-state index < -0.39 is 5.69 Å². The van der Waals surface area contributed by atoms with Gasteiger partial charge in [0.15, 0.2) is 0 Å². The summed E-state index contributed by atoms with van der Waals surface area (Å²) in [4.78, 5) is 29.4. The zero-order valence-corrected chi connectivity index (χ0v) is 10.6. The molecule has 7 heteroatoms. The monoisotopic (exact) mass is 262 g/mol. The number of hydrogen-bond donors (Lipinski definition) is 2. The summed E-state index contributed by atoms with van der Waals surface area (Å²) in [6.07, 6.45) is 3.25. The van der Waals surface area contributed by atoms with E-state index in [0.717, 1.165) is 10.1 Å². The number of hydrogen-bond acceptors (Lipinski definition) is 5. The van der Waals surface area contributed by atoms with E-state index in [9.17, 15) is 9.59 Å². The van der Waals surface area contributed by atoms with Gasteiger partial charge in [-0.25, -0.2) is 4.79 Å². The van der Waals surface area contributed by atoms with E-state index in [4.69, 9.17) is 4.74 Å². The number of pyridine rings is 1. The average Bonchev–Trinajstić information content (AvgIpc) is 2.42. The van der Waals surface area contributed by atoms with Gasteiger partial charge in [-0.1, -0.05) is 0 Å². The lowest BCUT2D eigenvalue weighted by atomic mass is 10.2. The summed E-state index contributed by atoms with van der Waals surface area (Å²) in [6, 6.07) is 3.13. The maximum Gasteiger partial charge on any atom is 0.329 e. The quantitative estimate of drug-likeness (QED) is 0.815. The Hall–Kier alpha value is -2.57. The van der Waals surface area contributed by atoms with Crippen molar-refractivity contribution >= 4 is 5.82 Å². The van der Waals surface area contributed by atoms with Gasteiger partial charge >= 0.3 is 5.69 Å². The maximum atomic E-state index is 11.5. The predicted octanol–water partition coefficient (Wildman–Crippen LogP) is 0.0893. The molecule has 0 aliphatic rings. The molecule has 7 nitrogen and oxygen atoms in total. The first-order chi connectivity index (χ1) is 9.11. The molecule has 2 heterocycles. The molecule has 2 aromatic rings. The van der Waals surface area contributed by atoms with Crippen LogP contribution in [0.5, 0.6) is 5.75 Å². The fourth-order valence-corrected chi connectivity index (χ4v) is 1.58. The Morgan fingerprint density at radius 2 is 2.26 bits per heavy atom. The van der Waals surface area contributed by atoms with Crippen molar-refractivity contribution in [2.75, 3.05) is 12.4 Å². The second-order valence-corrected chi connectivity index (χ2v) is 3.93. The molecule has 0 saturated carbocycles. The summed E-state index contributed by atoms with van der Waals surface area (Å²) in [6.45, 7) is 0.412. The SMILES string of the molecule is COc1cnccc1CNc1cc(=O)n(C)c(=O)[nH]1. The highest BCUT2D eigenvalue weighted by molar-refractivity contribution is 5.37. The van der Waals surface area contributed by atoms with Crippen molar-refractivity contribution in [2.24, 2.45) is 7.05 Å². The Labute approximate surface area is 108 Å². The minimum atomic E-state index is -0.461. The molecule has 2 aromatic heterocycles. The molecule has 2 N–H and O–H groups in total. The topological polar surface area (TPSA) is 89.0 Å². The second kappa shape index (κ2) is 5.38. The number of methoxy groups -OCH3 is 1. The minimum Gasteiger partial charge on any atom is -0.495 e. The number of nitrogens with zero attached hydrogens (tertiary/aromatic N) is 2. The number of rotatable bonds is 4. The number of nitrogens with one attached hydrogen (secondary N) is 2. The third-order valence-electron chi connectivity index (χ3n) is 2.70. The van der Waals surface area contributed by atoms with Crippen LogP contribution in [0, 0.1) is 0 Å². The molecule has 0 bridgehead atoms. The van der Waals surface area contributed by atoms with Crippen molar-refractivity contribution in [3.8, 4) is 5.75 Å². The molecule has 0 atom stereocenters. The van der Waals surface area contributed by atoms with Gasteiger partial charge in [0, 0.05) is 31.4 Å². The van der Waals surface area contributed by atoms with Crippen LogP contribution in [0.25, 0.3) is 0 Å². The summed E-state index contributed by atoms with van der Waals surface area (Å²) in [5.41, 5.74) is 0.0451. The Bertz CT molecular complexity index is 659. The Morgan fingerprint density at radius 1 is 1.47 bits per heavy atom. The minimum absolute atomic E-state index is 0.368. The van der Waals surface area contributed by atoms with Gasteiger partial charge in [-0.2, -0.15) is 0 Å². The predicted molar refractivity (Wildman–Crippen MR) is 70.4 cm³/mol. The van der Waals surface area contributed by atoms with Gasteiger partial charge in [0.05, 0.1) is 13.3 Å². The van der Waals surface area contributed by atoms with Gasteiger partial charge in [-0.3, -0.25) is 19.3 Å². The molecule has 0 aromatic carbocycles. The highest BCUT2D eigenvalue weighted by Gasteiger charge is 2.04. The van der Waals surface area contributed by atoms with Crippen molar-refractivity contribution in [3.63, 3.8) is 0 Å². The van der Waals surface area contributed by atoms with Crippen molar-refractivity contribution in [3.05, 3.63) is 50.9 Å². The van der Waals surface area contributed by atoms with Crippen molar-refractivity contribution in [2.45, 2.75) is 6.54 Å². The highest BCUT2D eigenvalue weighted by atomic mass is 16.5. The molecule has 100 valence electrons. The molecule has 0 unspecified atom stereocenters. The van der Waals surface area contributed by atoms with Crippen LogP contribution in [-0.2, 0) is 13.6 Å². The molecule has 0 radical (unpaired) electrons. The lowest BCUT2D eigenvalue weighted by Crippen LogP contribution is -2.32. The average molecular weight is 262 g/mol. The van der Waals surface area contributed by atoms with Gasteiger partial charge in [0.2, 0.25) is 0 Å². The number of H-pyrrole nitrogens is 1. The van der Waals surface area contributed by atoms with Gasteiger partial charge in [0.25, 0.3) is 5.56 Å². The second-order valence-electron chi connectivity index (χ2n) is 3.93. The van der Waals surface area contributed by atoms with Crippen LogP contribution >= 0.6 is 0 Å². The van der Waals surface area contributed by atoms with E-state index in [0.29, 0.717) is 18.1 Å². The molecule has 0 aliphatic heterocycles. The highest BCUT2D eigenvalue weighted by Crippen LogP contribution is 2.16. The zero-order chi connectivity index (χ0) is 13.8. The van der Waals surface area contributed by atoms with Gasteiger partial charge in [-0.05, 0) is 6.07 Å². The molecule has 0 aliphatic carbocycles. The summed E-state index contributed by atoms with van der Waals surface area (Å²) in [5.74, 6) is 1.01. The summed E-state index contributed by atoms with van der Waals surface area (Å²) >= 11 is 0. The first-order valence-electron chi connectivity index (χ1n) is 5.63. The molecular weight excluding hydrogens is 248 g/mol. The first-order valence-corrected chi connectivity index (χ1v) is 5.63. The Kier molecular flexibility index (Phi) is 3.65. The summed E-state index contributed by atoms with van der Waals surface area (Å²) in [5, 5.41) is 2.97. The molecule has 19 heavy (non-hydrogen) atoms. The van der Waals surface area contributed by atoms with E-state index in [-0.39, 0.29) is 5.56 Å². The van der Waals surface area contributed by atoms with Gasteiger partial charge in [0.1, 0.15) is 11.6 Å². The van der Waals surface area contributed by atoms with Crippen LogP contribution in [0.4, 0.5) is 5.82 Å². The summed E-state index contributed by atoms with van der Waals surface area (Å²) in [7, 11) is 2.97. The lowest BCUT2D eigenvalue weighted by Gasteiger charge is -2.09. The van der Waals surface area contributed by atoms with Crippen molar-refractivity contribution in [1.29, 1.82) is 0 Å². The van der Waals surface area contributed by atoms with E-state index >= 15 is 0 Å². The maximum absolute atomic E-state index is 11.5. The smallest absolute Gasteiger partial charge is 0.329 e. The molecule has 0 spiro atoms. The number of aromatic nitrogens is 3. The van der Waals surface area contributed by atoms with Crippen molar-refractivity contribution in [1.82, 2.24) is 14.5 Å². The largest absolute Gasteiger partial charge is 0.495 e. The standard InChI is InChI=1S/C12H14N4O3/c1-16-11(17)5-10(15-12(16)18)14-6-8-3-4-13-7-9(8)19-2/h3-5,7,14H,6H2,1-2H3,(H,15,18). The molecule has 0 amide bonds. The first kappa shape index (κ1) is 12.9. The zero-order valence-electron chi connectivity index (χ0n) is 10.6. The molecule has 2 rings (SSSR count). The number of ether oxygens (including phenoxy) is 1.